The van der Waals surface area contributed by atoms with E-state index in [0.717, 1.165) is 0 Å². The fourth-order valence-corrected chi connectivity index (χ4v) is 3.55. The molecular weight excluding hydrogens is 479 g/mol. The Labute approximate surface area is 198 Å². The molecule has 0 unspecified atom stereocenters. The highest BCUT2D eigenvalue weighted by atomic mass is 35.5. The summed E-state index contributed by atoms with van der Waals surface area (Å²) in [6.45, 7) is 2.69. The maximum Gasteiger partial charge on any atom is 0.367 e. The molecule has 2 heterocycles. The van der Waals surface area contributed by atoms with E-state index in [1.54, 1.807) is 30.3 Å². The second kappa shape index (κ2) is 10.3. The minimum Gasteiger partial charge on any atom is -0.378 e. The van der Waals surface area contributed by atoms with Crippen molar-refractivity contribution in [2.24, 2.45) is 5.16 Å². The molecule has 2 aromatic carbocycles. The highest BCUT2D eigenvalue weighted by Gasteiger charge is 2.18. The van der Waals surface area contributed by atoms with Gasteiger partial charge in [0.25, 0.3) is 5.95 Å². The number of benzene rings is 2. The number of aromatic nitrogens is 4. The molecule has 1 aliphatic rings. The van der Waals surface area contributed by atoms with Crippen molar-refractivity contribution in [3.63, 3.8) is 0 Å². The van der Waals surface area contributed by atoms with Gasteiger partial charge in [0, 0.05) is 28.7 Å². The molecule has 0 amide bonds. The molecule has 4 rings (SSSR count). The summed E-state index contributed by atoms with van der Waals surface area (Å²) in [5, 5.41) is 17.8. The van der Waals surface area contributed by atoms with Crippen molar-refractivity contribution in [1.29, 1.82) is 0 Å². The molecule has 0 saturated carbocycles. The number of anilines is 1. The molecular formula is C20H17Cl3N6O3. The zero-order valence-electron chi connectivity index (χ0n) is 16.6. The Morgan fingerprint density at radius 1 is 1.06 bits per heavy atom. The average molecular weight is 496 g/mol. The summed E-state index contributed by atoms with van der Waals surface area (Å²) in [5.41, 5.74) is 1.21. The minimum absolute atomic E-state index is 0.112. The van der Waals surface area contributed by atoms with Crippen molar-refractivity contribution in [1.82, 2.24) is 20.2 Å². The van der Waals surface area contributed by atoms with Crippen LogP contribution in [0.15, 0.2) is 47.6 Å². The van der Waals surface area contributed by atoms with Crippen LogP contribution in [0, 0.1) is 0 Å². The number of oxime groups is 1. The summed E-state index contributed by atoms with van der Waals surface area (Å²) in [6, 6.07) is 11.4. The minimum atomic E-state index is -0.723. The van der Waals surface area contributed by atoms with Crippen LogP contribution in [0.2, 0.25) is 15.1 Å². The second-order valence-corrected chi connectivity index (χ2v) is 8.05. The number of carbonyl (C=O) groups is 1. The first-order valence-corrected chi connectivity index (χ1v) is 10.7. The van der Waals surface area contributed by atoms with E-state index in [2.05, 4.69) is 20.6 Å². The van der Waals surface area contributed by atoms with Gasteiger partial charge in [-0.1, -0.05) is 57.2 Å². The number of nitrogens with zero attached hydrogens (tertiary/aromatic N) is 6. The average Bonchev–Trinajstić information content (AvgIpc) is 3.26. The Kier molecular flexibility index (Phi) is 7.21. The fourth-order valence-electron chi connectivity index (χ4n) is 2.94. The molecule has 0 bridgehead atoms. The zero-order chi connectivity index (χ0) is 22.5. The summed E-state index contributed by atoms with van der Waals surface area (Å²) < 4.78 is 5.35. The lowest BCUT2D eigenvalue weighted by molar-refractivity contribution is 0.0515. The van der Waals surface area contributed by atoms with Gasteiger partial charge in [-0.05, 0) is 35.5 Å². The van der Waals surface area contributed by atoms with Crippen molar-refractivity contribution in [2.75, 3.05) is 31.2 Å². The molecule has 0 aliphatic carbocycles. The van der Waals surface area contributed by atoms with Gasteiger partial charge in [-0.25, -0.2) is 4.79 Å². The van der Waals surface area contributed by atoms with E-state index in [1.165, 1.54) is 16.9 Å². The molecule has 1 saturated heterocycles. The van der Waals surface area contributed by atoms with Gasteiger partial charge in [-0.3, -0.25) is 0 Å². The molecule has 0 atom stereocenters. The first kappa shape index (κ1) is 22.5. The topological polar surface area (TPSA) is 94.7 Å². The van der Waals surface area contributed by atoms with Gasteiger partial charge in [0.2, 0.25) is 0 Å². The smallest absolute Gasteiger partial charge is 0.367 e. The monoisotopic (exact) mass is 494 g/mol. The Morgan fingerprint density at radius 2 is 1.78 bits per heavy atom. The van der Waals surface area contributed by atoms with Gasteiger partial charge >= 0.3 is 5.97 Å². The van der Waals surface area contributed by atoms with Crippen LogP contribution in [0.3, 0.4) is 0 Å². The predicted molar refractivity (Wildman–Crippen MR) is 121 cm³/mol. The Hall–Kier alpha value is -2.72. The summed E-state index contributed by atoms with van der Waals surface area (Å²) in [5.74, 6) is -0.229. The van der Waals surface area contributed by atoms with E-state index in [-0.39, 0.29) is 17.1 Å². The lowest BCUT2D eigenvalue weighted by atomic mass is 10.1. The van der Waals surface area contributed by atoms with E-state index in [4.69, 9.17) is 44.4 Å². The van der Waals surface area contributed by atoms with Crippen LogP contribution in [0.1, 0.15) is 15.9 Å². The summed E-state index contributed by atoms with van der Waals surface area (Å²) in [4.78, 5) is 21.0. The van der Waals surface area contributed by atoms with Crippen LogP contribution in [-0.2, 0) is 16.1 Å². The van der Waals surface area contributed by atoms with E-state index in [0.29, 0.717) is 53.6 Å². The summed E-state index contributed by atoms with van der Waals surface area (Å²) in [6.07, 6.45) is 0. The lowest BCUT2D eigenvalue weighted by Gasteiger charge is -2.24. The Balaban J connectivity index is 1.55. The third-order valence-corrected chi connectivity index (χ3v) is 5.39. The van der Waals surface area contributed by atoms with Crippen molar-refractivity contribution in [2.45, 2.75) is 6.54 Å². The Bertz CT molecular complexity index is 1130. The van der Waals surface area contributed by atoms with Crippen molar-refractivity contribution in [3.05, 3.63) is 68.7 Å². The largest absolute Gasteiger partial charge is 0.378 e. The molecule has 3 aromatic rings. The van der Waals surface area contributed by atoms with Crippen LogP contribution in [0.25, 0.3) is 0 Å². The third-order valence-electron chi connectivity index (χ3n) is 4.59. The highest BCUT2D eigenvalue weighted by molar-refractivity contribution is 6.36. The molecule has 9 nitrogen and oxygen atoms in total. The number of ether oxygens (including phenoxy) is 1. The first-order valence-electron chi connectivity index (χ1n) is 9.59. The standard InChI is InChI=1S/C20H17Cl3N6O3/c21-14-3-1-13(2-4-14)18(26-32-19(30)16-6-5-15(22)11-17(16)23)12-29-25-20(24-27-29)28-7-9-31-10-8-28/h1-6,11H,7-10,12H2/b26-18+. The normalized spacial score (nSPS) is 14.5. The van der Waals surface area contributed by atoms with Gasteiger partial charge in [-0.2, -0.15) is 4.80 Å². The maximum atomic E-state index is 12.5. The van der Waals surface area contributed by atoms with Gasteiger partial charge in [-0.15, -0.1) is 5.10 Å². The maximum absolute atomic E-state index is 12.5. The number of hydrogen-bond donors (Lipinski definition) is 0. The quantitative estimate of drug-likeness (QED) is 0.292. The molecule has 1 aromatic heterocycles. The van der Waals surface area contributed by atoms with E-state index < -0.39 is 5.97 Å². The number of hydrogen-bond acceptors (Lipinski definition) is 8. The number of rotatable bonds is 6. The van der Waals surface area contributed by atoms with Crippen LogP contribution >= 0.6 is 34.8 Å². The van der Waals surface area contributed by atoms with Gasteiger partial charge < -0.3 is 14.5 Å². The number of carbonyl (C=O) groups excluding carboxylic acids is 1. The fraction of sp³-hybridized carbons (Fsp3) is 0.250. The molecule has 166 valence electrons. The van der Waals surface area contributed by atoms with Crippen LogP contribution < -0.4 is 4.90 Å². The highest BCUT2D eigenvalue weighted by Crippen LogP contribution is 2.22. The molecule has 12 heteroatoms. The van der Waals surface area contributed by atoms with E-state index >= 15 is 0 Å². The van der Waals surface area contributed by atoms with Crippen LogP contribution in [0.4, 0.5) is 5.95 Å². The number of morpholine rings is 1. The molecule has 1 aliphatic heterocycles. The molecule has 1 fully saturated rings. The third kappa shape index (κ3) is 5.55. The van der Waals surface area contributed by atoms with Crippen LogP contribution in [0.5, 0.6) is 0 Å². The van der Waals surface area contributed by atoms with E-state index in [9.17, 15) is 4.79 Å². The second-order valence-electron chi connectivity index (χ2n) is 6.77. The van der Waals surface area contributed by atoms with Crippen LogP contribution in [-0.4, -0.2) is 58.2 Å². The van der Waals surface area contributed by atoms with Crippen molar-refractivity contribution >= 4 is 52.4 Å². The van der Waals surface area contributed by atoms with Gasteiger partial charge in [0.15, 0.2) is 0 Å². The summed E-state index contributed by atoms with van der Waals surface area (Å²) in [7, 11) is 0. The number of halogens is 3. The Morgan fingerprint density at radius 3 is 2.50 bits per heavy atom. The SMILES string of the molecule is O=C(O/N=C(\Cn1nnc(N2CCOCC2)n1)c1ccc(Cl)cc1)c1ccc(Cl)cc1Cl. The van der Waals surface area contributed by atoms with Gasteiger partial charge in [0.05, 0.1) is 23.8 Å². The number of tetrazole rings is 1. The molecule has 0 radical (unpaired) electrons. The molecule has 0 N–H and O–H groups in total. The lowest BCUT2D eigenvalue weighted by Crippen LogP contribution is -2.37. The van der Waals surface area contributed by atoms with Crippen molar-refractivity contribution < 1.29 is 14.4 Å². The molecule has 0 spiro atoms. The van der Waals surface area contributed by atoms with Crippen molar-refractivity contribution in [3.8, 4) is 0 Å². The summed E-state index contributed by atoms with van der Waals surface area (Å²) >= 11 is 18.0. The van der Waals surface area contributed by atoms with E-state index in [1.807, 2.05) is 4.90 Å². The first-order chi connectivity index (χ1) is 15.5. The zero-order valence-corrected chi connectivity index (χ0v) is 18.9. The molecule has 32 heavy (non-hydrogen) atoms. The van der Waals surface area contributed by atoms with Gasteiger partial charge in [0.1, 0.15) is 12.3 Å². The predicted octanol–water partition coefficient (Wildman–Crippen LogP) is 3.73.